The third-order valence-electron chi connectivity index (χ3n) is 2.62. The molecule has 110 valence electrons. The van der Waals surface area contributed by atoms with Gasteiger partial charge < -0.3 is 5.11 Å². The Bertz CT molecular complexity index is 695. The van der Waals surface area contributed by atoms with Crippen molar-refractivity contribution in [2.75, 3.05) is 0 Å². The first-order chi connectivity index (χ1) is 9.81. The monoisotopic (exact) mass is 303 g/mol. The number of benzene rings is 1. The summed E-state index contributed by atoms with van der Waals surface area (Å²) in [6, 6.07) is 2.17. The summed E-state index contributed by atoms with van der Waals surface area (Å²) in [6.45, 7) is 0. The van der Waals surface area contributed by atoms with E-state index in [1.54, 1.807) is 0 Å². The minimum atomic E-state index is -3.11. The van der Waals surface area contributed by atoms with Crippen molar-refractivity contribution in [1.29, 1.82) is 0 Å². The molecule has 0 aliphatic heterocycles. The van der Waals surface area contributed by atoms with Crippen LogP contribution in [0.4, 0.5) is 22.0 Å². The molecule has 3 nitrogen and oxygen atoms in total. The number of nitrogens with zero attached hydrogens (tertiary/aromatic N) is 1. The Labute approximate surface area is 114 Å². The zero-order valence-electron chi connectivity index (χ0n) is 10.1. The van der Waals surface area contributed by atoms with Crippen molar-refractivity contribution in [3.05, 3.63) is 53.0 Å². The fourth-order valence-electron chi connectivity index (χ4n) is 1.68. The molecule has 0 amide bonds. The molecule has 0 fully saturated rings. The summed E-state index contributed by atoms with van der Waals surface area (Å²) in [5.74, 6) is -5.62. The highest BCUT2D eigenvalue weighted by Gasteiger charge is 2.22. The Kier molecular flexibility index (Phi) is 3.88. The summed E-state index contributed by atoms with van der Waals surface area (Å²) in [4.78, 5) is 14.0. The van der Waals surface area contributed by atoms with E-state index >= 15 is 0 Å². The molecule has 0 radical (unpaired) electrons. The number of pyridine rings is 1. The van der Waals surface area contributed by atoms with Crippen LogP contribution in [0, 0.1) is 17.5 Å². The van der Waals surface area contributed by atoms with Gasteiger partial charge in [0.25, 0.3) is 6.43 Å². The number of carboxylic acid groups (broad SMARTS) is 1. The van der Waals surface area contributed by atoms with Gasteiger partial charge in [-0.15, -0.1) is 0 Å². The van der Waals surface area contributed by atoms with Crippen molar-refractivity contribution in [1.82, 2.24) is 4.98 Å². The van der Waals surface area contributed by atoms with E-state index in [-0.39, 0.29) is 0 Å². The van der Waals surface area contributed by atoms with Crippen LogP contribution in [0.25, 0.3) is 11.3 Å². The second-order valence-electron chi connectivity index (χ2n) is 3.99. The maximum Gasteiger partial charge on any atom is 0.354 e. The molecular formula is C13H6F5NO2. The van der Waals surface area contributed by atoms with Crippen LogP contribution >= 0.6 is 0 Å². The molecule has 0 atom stereocenters. The lowest BCUT2D eigenvalue weighted by molar-refractivity contribution is 0.0690. The molecule has 0 saturated carbocycles. The minimum Gasteiger partial charge on any atom is -0.477 e. The fourth-order valence-corrected chi connectivity index (χ4v) is 1.68. The van der Waals surface area contributed by atoms with Crippen LogP contribution in [0.5, 0.6) is 0 Å². The normalized spacial score (nSPS) is 11.0. The van der Waals surface area contributed by atoms with Crippen LogP contribution in [0.1, 0.15) is 22.5 Å². The number of aromatic carboxylic acids is 1. The molecule has 8 heteroatoms. The second kappa shape index (κ2) is 5.47. The van der Waals surface area contributed by atoms with Gasteiger partial charge in [0.1, 0.15) is 28.8 Å². The fraction of sp³-hybridized carbons (Fsp3) is 0.0769. The number of carbonyl (C=O) groups is 1. The van der Waals surface area contributed by atoms with Gasteiger partial charge in [-0.1, -0.05) is 0 Å². The number of carboxylic acids is 1. The predicted octanol–water partition coefficient (Wildman–Crippen LogP) is 3.80. The van der Waals surface area contributed by atoms with Crippen LogP contribution in [-0.2, 0) is 0 Å². The van der Waals surface area contributed by atoms with Crippen molar-refractivity contribution < 1.29 is 31.9 Å². The average molecular weight is 303 g/mol. The summed E-state index contributed by atoms with van der Waals surface area (Å²) in [6.07, 6.45) is -3.11. The first kappa shape index (κ1) is 14.9. The van der Waals surface area contributed by atoms with Crippen molar-refractivity contribution in [3.63, 3.8) is 0 Å². The third-order valence-corrected chi connectivity index (χ3v) is 2.62. The summed E-state index contributed by atoms with van der Waals surface area (Å²) in [5.41, 5.74) is -3.45. The first-order valence-electron chi connectivity index (χ1n) is 5.48. The van der Waals surface area contributed by atoms with E-state index in [0.717, 1.165) is 6.07 Å². The third kappa shape index (κ3) is 2.83. The average Bonchev–Trinajstić information content (AvgIpc) is 2.39. The summed E-state index contributed by atoms with van der Waals surface area (Å²) in [5, 5.41) is 8.73. The van der Waals surface area contributed by atoms with Crippen LogP contribution in [0.15, 0.2) is 24.3 Å². The van der Waals surface area contributed by atoms with Gasteiger partial charge in [0.15, 0.2) is 0 Å². The first-order valence-corrected chi connectivity index (χ1v) is 5.48. The van der Waals surface area contributed by atoms with Crippen LogP contribution < -0.4 is 0 Å². The molecule has 0 bridgehead atoms. The van der Waals surface area contributed by atoms with Crippen LogP contribution in [0.2, 0.25) is 0 Å². The number of alkyl halides is 2. The largest absolute Gasteiger partial charge is 0.477 e. The molecular weight excluding hydrogens is 297 g/mol. The zero-order valence-corrected chi connectivity index (χ0v) is 10.1. The van der Waals surface area contributed by atoms with Gasteiger partial charge in [0, 0.05) is 5.56 Å². The van der Waals surface area contributed by atoms with E-state index in [4.69, 9.17) is 5.11 Å². The van der Waals surface area contributed by atoms with Crippen molar-refractivity contribution in [2.24, 2.45) is 0 Å². The van der Waals surface area contributed by atoms with E-state index < -0.39 is 52.4 Å². The molecule has 2 aromatic rings. The highest BCUT2D eigenvalue weighted by Crippen LogP contribution is 2.31. The topological polar surface area (TPSA) is 50.2 Å². The van der Waals surface area contributed by atoms with Gasteiger partial charge in [0.2, 0.25) is 0 Å². The summed E-state index contributed by atoms with van der Waals surface area (Å²) >= 11 is 0. The van der Waals surface area contributed by atoms with Crippen LogP contribution in [0.3, 0.4) is 0 Å². The van der Waals surface area contributed by atoms with Gasteiger partial charge in [-0.3, -0.25) is 0 Å². The SMILES string of the molecule is O=C(O)c1ccc(F)c(-c2c(F)cc(C(F)F)cc2F)n1. The van der Waals surface area contributed by atoms with Gasteiger partial charge in [-0.25, -0.2) is 31.7 Å². The van der Waals surface area contributed by atoms with E-state index in [9.17, 15) is 26.7 Å². The molecule has 1 N–H and O–H groups in total. The molecule has 1 aromatic heterocycles. The lowest BCUT2D eigenvalue weighted by Crippen LogP contribution is -2.05. The molecule has 0 spiro atoms. The number of aromatic nitrogens is 1. The standard InChI is InChI=1S/C13H6F5NO2/c14-6-1-2-9(13(20)21)19-11(6)10-7(15)3-5(12(17)18)4-8(10)16/h1-4,12H,(H,20,21). The highest BCUT2D eigenvalue weighted by molar-refractivity contribution is 5.86. The Morgan fingerprint density at radius 1 is 1.05 bits per heavy atom. The lowest BCUT2D eigenvalue weighted by atomic mass is 10.1. The zero-order chi connectivity index (χ0) is 15.7. The number of halogens is 5. The molecule has 1 aromatic carbocycles. The van der Waals surface area contributed by atoms with Crippen molar-refractivity contribution in [3.8, 4) is 11.3 Å². The molecule has 0 aliphatic carbocycles. The van der Waals surface area contributed by atoms with E-state index in [2.05, 4.69) is 4.98 Å². The molecule has 2 rings (SSSR count). The number of hydrogen-bond acceptors (Lipinski definition) is 2. The molecule has 0 aliphatic rings. The van der Waals surface area contributed by atoms with E-state index in [1.807, 2.05) is 0 Å². The lowest BCUT2D eigenvalue weighted by Gasteiger charge is -2.09. The van der Waals surface area contributed by atoms with E-state index in [0.29, 0.717) is 18.2 Å². The molecule has 0 unspecified atom stereocenters. The summed E-state index contributed by atoms with van der Waals surface area (Å²) in [7, 11) is 0. The van der Waals surface area contributed by atoms with Crippen LogP contribution in [-0.4, -0.2) is 16.1 Å². The van der Waals surface area contributed by atoms with Gasteiger partial charge in [-0.2, -0.15) is 0 Å². The van der Waals surface area contributed by atoms with Gasteiger partial charge in [0.05, 0.1) is 5.56 Å². The van der Waals surface area contributed by atoms with Gasteiger partial charge in [-0.05, 0) is 24.3 Å². The Morgan fingerprint density at radius 3 is 2.10 bits per heavy atom. The number of hydrogen-bond donors (Lipinski definition) is 1. The maximum absolute atomic E-state index is 13.7. The quantitative estimate of drug-likeness (QED) is 0.877. The minimum absolute atomic E-state index is 0.345. The number of rotatable bonds is 3. The predicted molar refractivity (Wildman–Crippen MR) is 61.5 cm³/mol. The van der Waals surface area contributed by atoms with E-state index in [1.165, 1.54) is 0 Å². The molecule has 21 heavy (non-hydrogen) atoms. The highest BCUT2D eigenvalue weighted by atomic mass is 19.3. The molecule has 0 saturated heterocycles. The van der Waals surface area contributed by atoms with Crippen molar-refractivity contribution in [2.45, 2.75) is 6.43 Å². The Hall–Kier alpha value is -2.51. The molecule has 1 heterocycles. The van der Waals surface area contributed by atoms with Crippen molar-refractivity contribution >= 4 is 5.97 Å². The Morgan fingerprint density at radius 2 is 1.62 bits per heavy atom. The van der Waals surface area contributed by atoms with Gasteiger partial charge >= 0.3 is 5.97 Å². The maximum atomic E-state index is 13.7. The second-order valence-corrected chi connectivity index (χ2v) is 3.99. The smallest absolute Gasteiger partial charge is 0.354 e. The summed E-state index contributed by atoms with van der Waals surface area (Å²) < 4.78 is 65.9. The Balaban J connectivity index is 2.67.